The topological polar surface area (TPSA) is 38.0 Å². The second kappa shape index (κ2) is 6.53. The van der Waals surface area contributed by atoms with E-state index in [1.54, 1.807) is 0 Å². The molecule has 3 heteroatoms. The summed E-state index contributed by atoms with van der Waals surface area (Å²) in [6.45, 7) is 6.36. The van der Waals surface area contributed by atoms with Crippen molar-refractivity contribution in [3.63, 3.8) is 0 Å². The van der Waals surface area contributed by atoms with Gasteiger partial charge in [-0.25, -0.2) is 0 Å². The van der Waals surface area contributed by atoms with Crippen molar-refractivity contribution in [2.24, 2.45) is 5.84 Å². The molecule has 2 rings (SSSR count). The van der Waals surface area contributed by atoms with Gasteiger partial charge in [0.1, 0.15) is 0 Å². The molecule has 0 saturated heterocycles. The Balaban J connectivity index is 2.23. The van der Waals surface area contributed by atoms with Crippen molar-refractivity contribution in [2.45, 2.75) is 33.2 Å². The van der Waals surface area contributed by atoms with E-state index in [1.807, 2.05) is 0 Å². The van der Waals surface area contributed by atoms with Gasteiger partial charge in [0.2, 0.25) is 0 Å². The number of benzene rings is 2. The Morgan fingerprint density at radius 2 is 1.70 bits per heavy atom. The van der Waals surface area contributed by atoms with E-state index < -0.39 is 0 Å². The van der Waals surface area contributed by atoms with Crippen LogP contribution >= 0.6 is 15.9 Å². The first-order valence-corrected chi connectivity index (χ1v) is 7.59. The van der Waals surface area contributed by atoms with E-state index in [4.69, 9.17) is 5.84 Å². The number of hydrogen-bond acceptors (Lipinski definition) is 2. The zero-order valence-corrected chi connectivity index (χ0v) is 13.8. The Bertz CT molecular complexity index is 608. The lowest BCUT2D eigenvalue weighted by Gasteiger charge is -2.18. The highest BCUT2D eigenvalue weighted by molar-refractivity contribution is 9.10. The quantitative estimate of drug-likeness (QED) is 0.652. The number of rotatable bonds is 4. The van der Waals surface area contributed by atoms with E-state index in [0.717, 1.165) is 10.9 Å². The number of halogens is 1. The maximum Gasteiger partial charge on any atom is 0.0500 e. The Morgan fingerprint density at radius 1 is 1.00 bits per heavy atom. The van der Waals surface area contributed by atoms with Gasteiger partial charge in [0.05, 0.1) is 6.04 Å². The molecular weight excluding hydrogens is 312 g/mol. The van der Waals surface area contributed by atoms with Crippen LogP contribution in [0.3, 0.4) is 0 Å². The standard InChI is InChI=1S/C17H21BrN2/c1-11-4-6-14(8-13(11)3)9-17(20-19)15-7-5-12(2)16(18)10-15/h4-8,10,17,20H,9,19H2,1-3H3. The lowest BCUT2D eigenvalue weighted by atomic mass is 9.96. The molecule has 0 spiro atoms. The Labute approximate surface area is 129 Å². The van der Waals surface area contributed by atoms with Crippen LogP contribution in [0.25, 0.3) is 0 Å². The summed E-state index contributed by atoms with van der Waals surface area (Å²) in [4.78, 5) is 0. The average molecular weight is 333 g/mol. The predicted molar refractivity (Wildman–Crippen MR) is 88.6 cm³/mol. The molecule has 0 fully saturated rings. The molecule has 2 aromatic carbocycles. The fourth-order valence-electron chi connectivity index (χ4n) is 2.27. The van der Waals surface area contributed by atoms with Crippen LogP contribution in [0, 0.1) is 20.8 Å². The summed E-state index contributed by atoms with van der Waals surface area (Å²) >= 11 is 3.58. The Hall–Kier alpha value is -1.16. The Morgan fingerprint density at radius 3 is 2.30 bits per heavy atom. The molecule has 1 atom stereocenters. The lowest BCUT2D eigenvalue weighted by molar-refractivity contribution is 0.551. The summed E-state index contributed by atoms with van der Waals surface area (Å²) in [6, 6.07) is 13.1. The molecule has 0 aliphatic heterocycles. The third kappa shape index (κ3) is 3.48. The van der Waals surface area contributed by atoms with Gasteiger partial charge in [0.15, 0.2) is 0 Å². The number of hydrazine groups is 1. The van der Waals surface area contributed by atoms with Crippen molar-refractivity contribution in [3.05, 3.63) is 68.7 Å². The van der Waals surface area contributed by atoms with Gasteiger partial charge in [-0.2, -0.15) is 0 Å². The van der Waals surface area contributed by atoms with E-state index in [2.05, 4.69) is 78.5 Å². The van der Waals surface area contributed by atoms with Gasteiger partial charge < -0.3 is 0 Å². The van der Waals surface area contributed by atoms with Crippen molar-refractivity contribution < 1.29 is 0 Å². The first-order valence-electron chi connectivity index (χ1n) is 6.79. The Kier molecular flexibility index (Phi) is 4.97. The predicted octanol–water partition coefficient (Wildman–Crippen LogP) is 4.12. The van der Waals surface area contributed by atoms with Crippen molar-refractivity contribution in [2.75, 3.05) is 0 Å². The normalized spacial score (nSPS) is 12.4. The highest BCUT2D eigenvalue weighted by Crippen LogP contribution is 2.24. The third-order valence-corrected chi connectivity index (χ3v) is 4.66. The first kappa shape index (κ1) is 15.2. The highest BCUT2D eigenvalue weighted by atomic mass is 79.9. The second-order valence-corrected chi connectivity index (χ2v) is 6.20. The van der Waals surface area contributed by atoms with E-state index in [9.17, 15) is 0 Å². The minimum absolute atomic E-state index is 0.119. The molecule has 0 aromatic heterocycles. The molecule has 0 amide bonds. The third-order valence-electron chi connectivity index (χ3n) is 3.81. The molecule has 2 aromatic rings. The van der Waals surface area contributed by atoms with Gasteiger partial charge in [0, 0.05) is 4.47 Å². The molecule has 106 valence electrons. The molecule has 20 heavy (non-hydrogen) atoms. The summed E-state index contributed by atoms with van der Waals surface area (Å²) in [5.41, 5.74) is 9.30. The molecule has 0 heterocycles. The van der Waals surface area contributed by atoms with Crippen LogP contribution in [0.1, 0.15) is 33.9 Å². The van der Waals surface area contributed by atoms with E-state index in [1.165, 1.54) is 27.8 Å². The van der Waals surface area contributed by atoms with Crippen LogP contribution in [0.4, 0.5) is 0 Å². The summed E-state index contributed by atoms with van der Waals surface area (Å²) in [6.07, 6.45) is 0.882. The van der Waals surface area contributed by atoms with Crippen LogP contribution in [0.2, 0.25) is 0 Å². The van der Waals surface area contributed by atoms with Crippen molar-refractivity contribution in [3.8, 4) is 0 Å². The van der Waals surface area contributed by atoms with Crippen molar-refractivity contribution in [1.29, 1.82) is 0 Å². The molecule has 3 N–H and O–H groups in total. The minimum Gasteiger partial charge on any atom is -0.271 e. The van der Waals surface area contributed by atoms with Crippen molar-refractivity contribution in [1.82, 2.24) is 5.43 Å². The van der Waals surface area contributed by atoms with Gasteiger partial charge in [-0.1, -0.05) is 46.3 Å². The number of hydrogen-bond donors (Lipinski definition) is 2. The zero-order valence-electron chi connectivity index (χ0n) is 12.2. The van der Waals surface area contributed by atoms with Gasteiger partial charge in [-0.15, -0.1) is 0 Å². The van der Waals surface area contributed by atoms with E-state index >= 15 is 0 Å². The largest absolute Gasteiger partial charge is 0.271 e. The van der Waals surface area contributed by atoms with Crippen molar-refractivity contribution >= 4 is 15.9 Å². The van der Waals surface area contributed by atoms with Crippen LogP contribution < -0.4 is 11.3 Å². The van der Waals surface area contributed by atoms with Gasteiger partial charge >= 0.3 is 0 Å². The van der Waals surface area contributed by atoms with Crippen LogP contribution in [0.5, 0.6) is 0 Å². The average Bonchev–Trinajstić information content (AvgIpc) is 2.43. The second-order valence-electron chi connectivity index (χ2n) is 5.35. The van der Waals surface area contributed by atoms with Gasteiger partial charge in [0.25, 0.3) is 0 Å². The van der Waals surface area contributed by atoms with E-state index in [0.29, 0.717) is 0 Å². The number of nitrogens with two attached hydrogens (primary N) is 1. The van der Waals surface area contributed by atoms with Crippen LogP contribution in [-0.2, 0) is 6.42 Å². The maximum atomic E-state index is 5.74. The molecule has 0 bridgehead atoms. The van der Waals surface area contributed by atoms with Crippen LogP contribution in [-0.4, -0.2) is 0 Å². The number of nitrogens with one attached hydrogen (secondary N) is 1. The summed E-state index contributed by atoms with van der Waals surface area (Å²) in [7, 11) is 0. The lowest BCUT2D eigenvalue weighted by Crippen LogP contribution is -2.29. The fourth-order valence-corrected chi connectivity index (χ4v) is 2.66. The smallest absolute Gasteiger partial charge is 0.0500 e. The molecule has 0 saturated carbocycles. The zero-order chi connectivity index (χ0) is 14.7. The van der Waals surface area contributed by atoms with Gasteiger partial charge in [-0.3, -0.25) is 11.3 Å². The molecule has 2 nitrogen and oxygen atoms in total. The molecule has 0 aliphatic carbocycles. The first-order chi connectivity index (χ1) is 9.51. The summed E-state index contributed by atoms with van der Waals surface area (Å²) < 4.78 is 1.12. The van der Waals surface area contributed by atoms with Crippen LogP contribution in [0.15, 0.2) is 40.9 Å². The molecule has 1 unspecified atom stereocenters. The molecular formula is C17H21BrN2. The maximum absolute atomic E-state index is 5.74. The molecule has 0 radical (unpaired) electrons. The monoisotopic (exact) mass is 332 g/mol. The number of aryl methyl sites for hydroxylation is 3. The summed E-state index contributed by atoms with van der Waals surface area (Å²) in [5.74, 6) is 5.74. The fraction of sp³-hybridized carbons (Fsp3) is 0.294. The SMILES string of the molecule is Cc1ccc(CC(NN)c2ccc(C)c(Br)c2)cc1C. The van der Waals surface area contributed by atoms with Gasteiger partial charge in [-0.05, 0) is 61.1 Å². The highest BCUT2D eigenvalue weighted by Gasteiger charge is 2.12. The molecule has 0 aliphatic rings. The van der Waals surface area contributed by atoms with E-state index in [-0.39, 0.29) is 6.04 Å². The minimum atomic E-state index is 0.119. The summed E-state index contributed by atoms with van der Waals surface area (Å²) in [5, 5.41) is 0.